The van der Waals surface area contributed by atoms with E-state index in [0.717, 1.165) is 47.2 Å². The monoisotopic (exact) mass is 1230 g/mol. The number of carbonyl (C=O) groups is 5. The number of aromatic nitrogens is 3. The number of rotatable bonds is 29. The predicted molar refractivity (Wildman–Crippen MR) is 363 cm³/mol. The van der Waals surface area contributed by atoms with Gasteiger partial charge in [-0.1, -0.05) is 209 Å². The van der Waals surface area contributed by atoms with Crippen molar-refractivity contribution in [2.75, 3.05) is 25.1 Å². The van der Waals surface area contributed by atoms with Crippen LogP contribution < -0.4 is 26.2 Å². The smallest absolute Gasteiger partial charge is 0.245 e. The van der Waals surface area contributed by atoms with E-state index in [-0.39, 0.29) is 60.9 Å². The minimum absolute atomic E-state index is 0.0717. The molecule has 4 heterocycles. The average Bonchev–Trinajstić information content (AvgIpc) is 1.62. The number of carbonyl (C=O) groups excluding carboxylic acids is 5. The summed E-state index contributed by atoms with van der Waals surface area (Å²) in [4.78, 5) is 74.2. The number of ketones is 1. The summed E-state index contributed by atoms with van der Waals surface area (Å²) in [5, 5.41) is 21.0. The normalized spacial score (nSPS) is 17.9. The van der Waals surface area contributed by atoms with Gasteiger partial charge in [-0.3, -0.25) is 24.0 Å². The van der Waals surface area contributed by atoms with E-state index in [1.54, 1.807) is 13.1 Å². The number of allylic oxidation sites excluding steroid dienone is 6. The lowest BCUT2D eigenvalue weighted by molar-refractivity contribution is -0.401. The fraction of sp³-hybridized carbons (Fsp3) is 0.351. The molecule has 6 aromatic carbocycles. The number of hydrogen-bond acceptors (Lipinski definition) is 9. The molecule has 0 saturated carbocycles. The van der Waals surface area contributed by atoms with Gasteiger partial charge in [-0.25, -0.2) is 4.68 Å². The summed E-state index contributed by atoms with van der Waals surface area (Å²) < 4.78 is 9.29. The maximum atomic E-state index is 15.0. The van der Waals surface area contributed by atoms with Crippen LogP contribution in [0.5, 0.6) is 0 Å². The minimum Gasteiger partial charge on any atom is -0.361 e. The number of benzene rings is 6. The standard InChI is InChI=1S/C77H87N9O6/c1-53(2)46-62(71(88)77(7)52-92-77)79-72(89)63(47-54-28-14-9-15-29-54)80-73(90)64(48-56-41-43-58(44-42-56)57-32-18-11-19-33-57)81-74(91)67(49-55-30-16-10-17-31-55)86-51-59(82-83-86)50-78-70(87)40-22-13-27-45-85-66-37-26-24-35-61(66)76(5,6)69(85)39-21-12-20-38-68-75(3,4)60-34-23-25-36-65(60)84(68)8/h9-12,14-21,23-26,28-39,41-44,51,53,62-64,67H,13,22,27,40,45-50,52H2,1-8H3,(H3-,78,79,80,81,87,89,90,91)/p+1/t62?,63-,64?,67-,77?/m0/s1. The number of Topliss-reactive ketones (excluding diaryl/α,β-unsaturated/α-hetero) is 1. The molecule has 4 N–H and O–H groups in total. The zero-order valence-electron chi connectivity index (χ0n) is 54.4. The van der Waals surface area contributed by atoms with E-state index >= 15 is 9.59 Å². The molecule has 5 atom stereocenters. The summed E-state index contributed by atoms with van der Waals surface area (Å²) in [7, 11) is 2.14. The van der Waals surface area contributed by atoms with Gasteiger partial charge < -0.3 is 30.9 Å². The molecule has 3 aliphatic heterocycles. The molecule has 1 saturated heterocycles. The van der Waals surface area contributed by atoms with Crippen molar-refractivity contribution in [2.24, 2.45) is 5.92 Å². The van der Waals surface area contributed by atoms with Crippen molar-refractivity contribution in [1.82, 2.24) is 36.3 Å². The number of epoxide rings is 1. The second kappa shape index (κ2) is 29.3. The molecule has 0 bridgehead atoms. The summed E-state index contributed by atoms with van der Waals surface area (Å²) >= 11 is 0. The molecule has 0 aliphatic carbocycles. The zero-order valence-corrected chi connectivity index (χ0v) is 54.4. The number of anilines is 1. The van der Waals surface area contributed by atoms with Gasteiger partial charge in [-0.05, 0) is 91.5 Å². The fourth-order valence-electron chi connectivity index (χ4n) is 12.8. The van der Waals surface area contributed by atoms with E-state index in [1.165, 1.54) is 38.6 Å². The van der Waals surface area contributed by atoms with E-state index in [9.17, 15) is 14.4 Å². The number of para-hydroxylation sites is 2. The Morgan fingerprint density at radius 3 is 1.82 bits per heavy atom. The Morgan fingerprint density at radius 2 is 1.17 bits per heavy atom. The minimum atomic E-state index is -1.17. The van der Waals surface area contributed by atoms with E-state index < -0.39 is 47.5 Å². The van der Waals surface area contributed by atoms with E-state index in [4.69, 9.17) is 4.74 Å². The first kappa shape index (κ1) is 65.6. The van der Waals surface area contributed by atoms with Crippen LogP contribution in [-0.4, -0.2) is 98.6 Å². The van der Waals surface area contributed by atoms with Gasteiger partial charge >= 0.3 is 0 Å². The number of unbranched alkanes of at least 4 members (excludes halogenated alkanes) is 2. The lowest BCUT2D eigenvalue weighted by atomic mass is 9.81. The van der Waals surface area contributed by atoms with Crippen molar-refractivity contribution in [1.29, 1.82) is 0 Å². The van der Waals surface area contributed by atoms with E-state index in [0.29, 0.717) is 25.0 Å². The number of amides is 4. The van der Waals surface area contributed by atoms with Crippen LogP contribution in [0, 0.1) is 5.92 Å². The van der Waals surface area contributed by atoms with Crippen LogP contribution >= 0.6 is 0 Å². The van der Waals surface area contributed by atoms with Gasteiger partial charge in [-0.15, -0.1) is 5.10 Å². The Balaban J connectivity index is 0.796. The Labute approximate surface area is 542 Å². The number of nitrogens with zero attached hydrogens (tertiary/aromatic N) is 5. The molecule has 7 aromatic rings. The second-order valence-corrected chi connectivity index (χ2v) is 26.3. The summed E-state index contributed by atoms with van der Waals surface area (Å²) in [5.41, 5.74) is 11.2. The first-order valence-corrected chi connectivity index (χ1v) is 32.4. The van der Waals surface area contributed by atoms with Crippen molar-refractivity contribution < 1.29 is 33.3 Å². The Morgan fingerprint density at radius 1 is 0.609 bits per heavy atom. The largest absolute Gasteiger partial charge is 0.361 e. The van der Waals surface area contributed by atoms with Crippen molar-refractivity contribution >= 4 is 46.5 Å². The molecule has 0 radical (unpaired) electrons. The van der Waals surface area contributed by atoms with Gasteiger partial charge in [0.05, 0.1) is 30.8 Å². The fourth-order valence-corrected chi connectivity index (χ4v) is 12.8. The van der Waals surface area contributed by atoms with Crippen LogP contribution in [0.1, 0.15) is 120 Å². The van der Waals surface area contributed by atoms with Crippen molar-refractivity contribution in [3.8, 4) is 11.1 Å². The zero-order chi connectivity index (χ0) is 65.0. The van der Waals surface area contributed by atoms with Crippen LogP contribution in [0.4, 0.5) is 11.4 Å². The predicted octanol–water partition coefficient (Wildman–Crippen LogP) is 11.7. The summed E-state index contributed by atoms with van der Waals surface area (Å²) in [5.74, 6) is -1.88. The molecule has 3 aliphatic rings. The molecular weight excluding hydrogens is 1150 g/mol. The van der Waals surface area contributed by atoms with Gasteiger partial charge in [-0.2, -0.15) is 4.58 Å². The highest BCUT2D eigenvalue weighted by Crippen LogP contribution is 2.48. The van der Waals surface area contributed by atoms with Gasteiger partial charge in [0, 0.05) is 66.7 Å². The molecule has 10 rings (SSSR count). The molecule has 15 nitrogen and oxygen atoms in total. The third-order valence-corrected chi connectivity index (χ3v) is 18.2. The first-order valence-electron chi connectivity index (χ1n) is 32.4. The van der Waals surface area contributed by atoms with Crippen molar-refractivity contribution in [3.05, 3.63) is 240 Å². The van der Waals surface area contributed by atoms with Crippen LogP contribution in [0.25, 0.3) is 11.1 Å². The van der Waals surface area contributed by atoms with Gasteiger partial charge in [0.15, 0.2) is 11.5 Å². The Kier molecular flexibility index (Phi) is 20.9. The van der Waals surface area contributed by atoms with E-state index in [1.807, 2.05) is 129 Å². The van der Waals surface area contributed by atoms with Gasteiger partial charge in [0.1, 0.15) is 36.5 Å². The first-order chi connectivity index (χ1) is 44.3. The number of hydrogen-bond donors (Lipinski definition) is 4. The summed E-state index contributed by atoms with van der Waals surface area (Å²) in [6, 6.07) is 49.8. The molecule has 4 amide bonds. The number of fused-ring (bicyclic) bond motifs is 2. The van der Waals surface area contributed by atoms with Crippen molar-refractivity contribution in [3.63, 3.8) is 0 Å². The maximum Gasteiger partial charge on any atom is 0.245 e. The molecule has 476 valence electrons. The van der Waals surface area contributed by atoms with E-state index in [2.05, 4.69) is 155 Å². The topological polar surface area (TPSA) is 183 Å². The highest BCUT2D eigenvalue weighted by molar-refractivity contribution is 6.03. The molecule has 15 heteroatoms. The molecule has 92 heavy (non-hydrogen) atoms. The highest BCUT2D eigenvalue weighted by atomic mass is 16.6. The number of nitrogens with one attached hydrogen (secondary N) is 4. The quantitative estimate of drug-likeness (QED) is 0.0153. The second-order valence-electron chi connectivity index (χ2n) is 26.3. The lowest BCUT2D eigenvalue weighted by Crippen LogP contribution is -2.58. The lowest BCUT2D eigenvalue weighted by Gasteiger charge is -2.27. The van der Waals surface area contributed by atoms with Crippen molar-refractivity contribution in [2.45, 2.75) is 147 Å². The van der Waals surface area contributed by atoms with Gasteiger partial charge in [0.25, 0.3) is 0 Å². The Bertz CT molecular complexity index is 3860. The average molecular weight is 1240 g/mol. The summed E-state index contributed by atoms with van der Waals surface area (Å²) in [6.45, 7) is 16.0. The third-order valence-electron chi connectivity index (χ3n) is 18.2. The van der Waals surface area contributed by atoms with Crippen LogP contribution in [0.3, 0.4) is 0 Å². The SMILES string of the molecule is CC(C)CC(NC(=O)[C@H](Cc1ccccc1)NC(=O)C(Cc1ccc(-c2ccccc2)cc1)NC(=O)[C@H](Cc1ccccc1)n1cc(CNC(=O)CCCCCN2/C(=C/C=C/C=C/C3=[N+](C)c4ccccc4C3(C)C)C(C)(C)c3ccccc32)nn1)C(=O)C1(C)CO1. The Hall–Kier alpha value is -9.34. The van der Waals surface area contributed by atoms with Crippen LogP contribution in [-0.2, 0) is 65.3 Å². The highest BCUT2D eigenvalue weighted by Gasteiger charge is 2.50. The third kappa shape index (κ3) is 15.9. The molecule has 1 fully saturated rings. The molecular formula is C77H88N9O6+. The van der Waals surface area contributed by atoms with Crippen LogP contribution in [0.2, 0.25) is 0 Å². The van der Waals surface area contributed by atoms with Gasteiger partial charge in [0.2, 0.25) is 29.3 Å². The van der Waals surface area contributed by atoms with Crippen LogP contribution in [0.15, 0.2) is 206 Å². The maximum absolute atomic E-state index is 15.0. The summed E-state index contributed by atoms with van der Waals surface area (Å²) in [6.07, 6.45) is 16.1. The molecule has 0 spiro atoms. The molecule has 1 aromatic heterocycles. The number of ether oxygens (including phenoxy) is 1. The molecule has 3 unspecified atom stereocenters.